The molecule has 1 saturated heterocycles. The van der Waals surface area contributed by atoms with Crippen molar-refractivity contribution in [1.29, 1.82) is 0 Å². The number of likely N-dealkylation sites (N-methyl/N-ethyl adjacent to an activating group) is 1. The minimum atomic E-state index is -0.168. The van der Waals surface area contributed by atoms with E-state index >= 15 is 0 Å². The van der Waals surface area contributed by atoms with Crippen LogP contribution in [0.3, 0.4) is 0 Å². The zero-order valence-corrected chi connectivity index (χ0v) is 20.6. The lowest BCUT2D eigenvalue weighted by atomic mass is 9.87. The predicted molar refractivity (Wildman–Crippen MR) is 141 cm³/mol. The summed E-state index contributed by atoms with van der Waals surface area (Å²) in [5, 5.41) is 0. The number of piperidine rings is 1. The average Bonchev–Trinajstić information content (AvgIpc) is 2.90. The minimum absolute atomic E-state index is 0.124. The van der Waals surface area contributed by atoms with E-state index in [4.69, 9.17) is 0 Å². The second-order valence-electron chi connectivity index (χ2n) is 9.65. The van der Waals surface area contributed by atoms with Gasteiger partial charge in [0.15, 0.2) is 0 Å². The van der Waals surface area contributed by atoms with Gasteiger partial charge in [0.25, 0.3) is 0 Å². The van der Waals surface area contributed by atoms with E-state index in [1.54, 1.807) is 0 Å². The zero-order valence-electron chi connectivity index (χ0n) is 20.6. The van der Waals surface area contributed by atoms with Gasteiger partial charge in [-0.25, -0.2) is 0 Å². The van der Waals surface area contributed by atoms with Crippen molar-refractivity contribution >= 4 is 5.91 Å². The van der Waals surface area contributed by atoms with Crippen LogP contribution >= 0.6 is 0 Å². The van der Waals surface area contributed by atoms with Crippen LogP contribution in [0.5, 0.6) is 0 Å². The highest BCUT2D eigenvalue weighted by molar-refractivity contribution is 5.83. The molecule has 0 spiro atoms. The first kappa shape index (κ1) is 24.2. The van der Waals surface area contributed by atoms with Gasteiger partial charge < -0.3 is 4.90 Å². The molecule has 3 aromatic carbocycles. The fraction of sp³-hybridized carbons (Fsp3) is 0.387. The lowest BCUT2D eigenvalue weighted by Crippen LogP contribution is -2.52. The van der Waals surface area contributed by atoms with Gasteiger partial charge >= 0.3 is 0 Å². The van der Waals surface area contributed by atoms with Crippen molar-refractivity contribution in [2.45, 2.75) is 51.6 Å². The van der Waals surface area contributed by atoms with Crippen molar-refractivity contribution in [2.24, 2.45) is 5.92 Å². The second kappa shape index (κ2) is 12.0. The molecule has 0 bridgehead atoms. The van der Waals surface area contributed by atoms with E-state index in [1.165, 1.54) is 16.7 Å². The Morgan fingerprint density at radius 2 is 1.38 bits per heavy atom. The van der Waals surface area contributed by atoms with Crippen LogP contribution in [0.4, 0.5) is 0 Å². The molecule has 0 radical (unpaired) electrons. The number of hydrogen-bond acceptors (Lipinski definition) is 2. The summed E-state index contributed by atoms with van der Waals surface area (Å²) in [4.78, 5) is 18.6. The third kappa shape index (κ3) is 6.15. The molecule has 1 aliphatic rings. The number of likely N-dealkylation sites (tertiary alicyclic amines) is 1. The normalized spacial score (nSPS) is 16.4. The molecule has 178 valence electrons. The van der Waals surface area contributed by atoms with E-state index in [0.29, 0.717) is 5.92 Å². The van der Waals surface area contributed by atoms with Gasteiger partial charge in [0.1, 0.15) is 0 Å². The van der Waals surface area contributed by atoms with Crippen molar-refractivity contribution in [3.63, 3.8) is 0 Å². The molecule has 0 unspecified atom stereocenters. The van der Waals surface area contributed by atoms with E-state index in [2.05, 4.69) is 109 Å². The van der Waals surface area contributed by atoms with E-state index < -0.39 is 0 Å². The van der Waals surface area contributed by atoms with E-state index in [1.807, 2.05) is 6.07 Å². The highest BCUT2D eigenvalue weighted by Gasteiger charge is 2.36. The lowest BCUT2D eigenvalue weighted by molar-refractivity contribution is -0.139. The minimum Gasteiger partial charge on any atom is -0.341 e. The Morgan fingerprint density at radius 3 is 1.94 bits per heavy atom. The van der Waals surface area contributed by atoms with Crippen LogP contribution in [0, 0.1) is 5.92 Å². The van der Waals surface area contributed by atoms with Gasteiger partial charge in [-0.05, 0) is 48.4 Å². The number of hydrogen-bond donors (Lipinski definition) is 0. The van der Waals surface area contributed by atoms with Crippen molar-refractivity contribution in [2.75, 3.05) is 19.6 Å². The molecule has 3 heteroatoms. The van der Waals surface area contributed by atoms with Crippen LogP contribution in [0.1, 0.15) is 49.3 Å². The molecule has 34 heavy (non-hydrogen) atoms. The largest absolute Gasteiger partial charge is 0.341 e. The molecule has 0 N–H and O–H groups in total. The maximum absolute atomic E-state index is 14.1. The van der Waals surface area contributed by atoms with Gasteiger partial charge in [-0.1, -0.05) is 105 Å². The van der Waals surface area contributed by atoms with Gasteiger partial charge in [-0.2, -0.15) is 0 Å². The van der Waals surface area contributed by atoms with Crippen LogP contribution in [0.25, 0.3) is 0 Å². The monoisotopic (exact) mass is 454 g/mol. The second-order valence-corrected chi connectivity index (χ2v) is 9.65. The highest BCUT2D eigenvalue weighted by Crippen LogP contribution is 2.29. The summed E-state index contributed by atoms with van der Waals surface area (Å²) in [5.74, 6) is 1.06. The maximum Gasteiger partial charge on any atom is 0.240 e. The first-order valence-corrected chi connectivity index (χ1v) is 12.8. The maximum atomic E-state index is 14.1. The summed E-state index contributed by atoms with van der Waals surface area (Å²) in [6.45, 7) is 7.73. The summed E-state index contributed by atoms with van der Waals surface area (Å²) in [7, 11) is 0. The summed E-state index contributed by atoms with van der Waals surface area (Å²) in [6.07, 6.45) is 3.28. The topological polar surface area (TPSA) is 23.6 Å². The third-order valence-electron chi connectivity index (χ3n) is 7.37. The summed E-state index contributed by atoms with van der Waals surface area (Å²) >= 11 is 0. The highest BCUT2D eigenvalue weighted by atomic mass is 16.2. The fourth-order valence-corrected chi connectivity index (χ4v) is 5.34. The van der Waals surface area contributed by atoms with E-state index in [9.17, 15) is 4.79 Å². The number of nitrogens with zero attached hydrogens (tertiary/aromatic N) is 2. The molecule has 1 heterocycles. The Balaban J connectivity index is 1.49. The standard InChI is InChI=1S/C31H38N2O/c1-3-32(24-28-15-9-5-10-16-28)30(25(2)29-17-11-6-12-18-29)31(34)33-21-19-27(20-22-33)23-26-13-7-4-8-14-26/h4-18,25,27,30H,3,19-24H2,1-2H3/t25-,30-/m0/s1. The first-order valence-electron chi connectivity index (χ1n) is 12.8. The quantitative estimate of drug-likeness (QED) is 0.386. The van der Waals surface area contributed by atoms with Gasteiger partial charge in [0.05, 0.1) is 6.04 Å². The van der Waals surface area contributed by atoms with Crippen LogP contribution in [0.2, 0.25) is 0 Å². The molecule has 2 atom stereocenters. The molecular formula is C31H38N2O. The zero-order chi connectivity index (χ0) is 23.8. The molecule has 0 aromatic heterocycles. The molecule has 1 amide bonds. The summed E-state index contributed by atoms with van der Waals surface area (Å²) in [5.41, 5.74) is 3.89. The molecule has 3 aromatic rings. The molecule has 1 fully saturated rings. The number of carbonyl (C=O) groups is 1. The Hall–Kier alpha value is -2.91. The van der Waals surface area contributed by atoms with Crippen molar-refractivity contribution in [3.8, 4) is 0 Å². The van der Waals surface area contributed by atoms with Gasteiger partial charge in [0.2, 0.25) is 5.91 Å². The summed E-state index contributed by atoms with van der Waals surface area (Å²) < 4.78 is 0. The molecule has 0 saturated carbocycles. The average molecular weight is 455 g/mol. The van der Waals surface area contributed by atoms with Crippen LogP contribution < -0.4 is 0 Å². The number of amides is 1. The van der Waals surface area contributed by atoms with E-state index in [-0.39, 0.29) is 17.9 Å². The number of rotatable bonds is 9. The van der Waals surface area contributed by atoms with Gasteiger partial charge in [0, 0.05) is 25.6 Å². The molecule has 0 aliphatic carbocycles. The van der Waals surface area contributed by atoms with Crippen molar-refractivity contribution < 1.29 is 4.79 Å². The van der Waals surface area contributed by atoms with Crippen LogP contribution in [0.15, 0.2) is 91.0 Å². The number of benzene rings is 3. The molecule has 4 rings (SSSR count). The SMILES string of the molecule is CCN(Cc1ccccc1)[C@H](C(=O)N1CCC(Cc2ccccc2)CC1)[C@@H](C)c1ccccc1. The van der Waals surface area contributed by atoms with Gasteiger partial charge in [-0.3, -0.25) is 9.69 Å². The smallest absolute Gasteiger partial charge is 0.240 e. The fourth-order valence-electron chi connectivity index (χ4n) is 5.34. The van der Waals surface area contributed by atoms with Crippen molar-refractivity contribution in [1.82, 2.24) is 9.80 Å². The Labute approximate surface area is 205 Å². The first-order chi connectivity index (χ1) is 16.7. The molecular weight excluding hydrogens is 416 g/mol. The Kier molecular flexibility index (Phi) is 8.54. The number of carbonyl (C=O) groups excluding carboxylic acids is 1. The molecule has 3 nitrogen and oxygen atoms in total. The molecule has 1 aliphatic heterocycles. The summed E-state index contributed by atoms with van der Waals surface area (Å²) in [6, 6.07) is 31.6. The lowest BCUT2D eigenvalue weighted by Gasteiger charge is -2.40. The third-order valence-corrected chi connectivity index (χ3v) is 7.37. The van der Waals surface area contributed by atoms with Crippen LogP contribution in [-0.2, 0) is 17.8 Å². The van der Waals surface area contributed by atoms with E-state index in [0.717, 1.165) is 45.4 Å². The predicted octanol–water partition coefficient (Wildman–Crippen LogP) is 6.16. The van der Waals surface area contributed by atoms with Gasteiger partial charge in [-0.15, -0.1) is 0 Å². The Bertz CT molecular complexity index is 997. The van der Waals surface area contributed by atoms with Crippen molar-refractivity contribution in [3.05, 3.63) is 108 Å². The Morgan fingerprint density at radius 1 is 0.853 bits per heavy atom. The van der Waals surface area contributed by atoms with Crippen LogP contribution in [-0.4, -0.2) is 41.4 Å².